The fourth-order valence-electron chi connectivity index (χ4n) is 1.07. The maximum absolute atomic E-state index is 9.98. The van der Waals surface area contributed by atoms with E-state index in [1.54, 1.807) is 0 Å². The van der Waals surface area contributed by atoms with Crippen molar-refractivity contribution in [3.05, 3.63) is 0 Å². The van der Waals surface area contributed by atoms with Crippen LogP contribution >= 0.6 is 0 Å². The van der Waals surface area contributed by atoms with Gasteiger partial charge in [0.05, 0.1) is 0 Å². The summed E-state index contributed by atoms with van der Waals surface area (Å²) in [4.78, 5) is 20.0. The van der Waals surface area contributed by atoms with Gasteiger partial charge in [-0.3, -0.25) is 0 Å². The predicted octanol–water partition coefficient (Wildman–Crippen LogP) is -0.786. The number of hydrogen-bond acceptors (Lipinski definition) is 4. The molecule has 1 radical (unpaired) electrons. The molecular formula is C9H14AgO4-2. The van der Waals surface area contributed by atoms with E-state index in [1.165, 1.54) is 0 Å². The molecule has 0 aliphatic rings. The van der Waals surface area contributed by atoms with Crippen molar-refractivity contribution in [2.75, 3.05) is 0 Å². The Morgan fingerprint density at radius 2 is 1.00 bits per heavy atom. The molecule has 0 rings (SSSR count). The van der Waals surface area contributed by atoms with E-state index in [4.69, 9.17) is 0 Å². The molecule has 0 bridgehead atoms. The second-order valence-electron chi connectivity index (χ2n) is 3.01. The van der Waals surface area contributed by atoms with Gasteiger partial charge in [0.1, 0.15) is 0 Å². The van der Waals surface area contributed by atoms with Crippen molar-refractivity contribution >= 4 is 11.9 Å². The van der Waals surface area contributed by atoms with Gasteiger partial charge in [-0.2, -0.15) is 0 Å². The molecule has 0 aromatic carbocycles. The molecule has 0 aliphatic heterocycles. The van der Waals surface area contributed by atoms with Crippen molar-refractivity contribution < 1.29 is 42.2 Å². The summed E-state index contributed by atoms with van der Waals surface area (Å²) in [5.74, 6) is -2.04. The fraction of sp³-hybridized carbons (Fsp3) is 0.778. The molecule has 87 valence electrons. The van der Waals surface area contributed by atoms with Crippen LogP contribution in [0.15, 0.2) is 0 Å². The first-order chi connectivity index (χ1) is 6.13. The van der Waals surface area contributed by atoms with Crippen LogP contribution in [-0.4, -0.2) is 11.9 Å². The Morgan fingerprint density at radius 1 is 0.714 bits per heavy atom. The zero-order valence-corrected chi connectivity index (χ0v) is 9.37. The minimum atomic E-state index is -1.02. The maximum Gasteiger partial charge on any atom is 0.0414 e. The second kappa shape index (κ2) is 10.8. The van der Waals surface area contributed by atoms with Crippen LogP contribution in [0.3, 0.4) is 0 Å². The van der Waals surface area contributed by atoms with Gasteiger partial charge < -0.3 is 19.8 Å². The van der Waals surface area contributed by atoms with E-state index in [-0.39, 0.29) is 35.2 Å². The molecule has 0 atom stereocenters. The minimum absolute atomic E-state index is 0. The summed E-state index contributed by atoms with van der Waals surface area (Å²) in [7, 11) is 0. The monoisotopic (exact) mass is 293 g/mol. The molecule has 0 aromatic heterocycles. The molecule has 0 unspecified atom stereocenters. The van der Waals surface area contributed by atoms with Gasteiger partial charge in [0.25, 0.3) is 0 Å². The second-order valence-corrected chi connectivity index (χ2v) is 3.01. The third-order valence-corrected chi connectivity index (χ3v) is 1.76. The molecule has 0 saturated heterocycles. The van der Waals surface area contributed by atoms with Gasteiger partial charge in [0, 0.05) is 34.3 Å². The number of carbonyl (C=O) groups is 2. The molecule has 0 heterocycles. The zero-order chi connectivity index (χ0) is 10.1. The first kappa shape index (κ1) is 16.1. The Bertz CT molecular complexity index is 152. The third kappa shape index (κ3) is 14.2. The molecule has 0 spiro atoms. The van der Waals surface area contributed by atoms with Crippen LogP contribution in [0.25, 0.3) is 0 Å². The number of aliphatic carboxylic acids is 2. The van der Waals surface area contributed by atoms with Gasteiger partial charge in [-0.1, -0.05) is 19.3 Å². The summed E-state index contributed by atoms with van der Waals surface area (Å²) in [5.41, 5.74) is 0. The van der Waals surface area contributed by atoms with Crippen molar-refractivity contribution in [1.82, 2.24) is 0 Å². The molecule has 0 fully saturated rings. The summed E-state index contributed by atoms with van der Waals surface area (Å²) in [5, 5.41) is 20.0. The zero-order valence-electron chi connectivity index (χ0n) is 7.88. The summed E-state index contributed by atoms with van der Waals surface area (Å²) >= 11 is 0. The number of carbonyl (C=O) groups excluding carboxylic acids is 2. The Balaban J connectivity index is 0. The van der Waals surface area contributed by atoms with Gasteiger partial charge in [-0.05, 0) is 25.7 Å². The van der Waals surface area contributed by atoms with Crippen molar-refractivity contribution in [3.63, 3.8) is 0 Å². The number of hydrogen-bond donors (Lipinski definition) is 0. The van der Waals surface area contributed by atoms with Crippen LogP contribution in [0.1, 0.15) is 44.9 Å². The summed E-state index contributed by atoms with van der Waals surface area (Å²) in [6.45, 7) is 0. The van der Waals surface area contributed by atoms with Crippen LogP contribution in [0.2, 0.25) is 0 Å². The Labute approximate surface area is 99.2 Å². The first-order valence-electron chi connectivity index (χ1n) is 4.52. The minimum Gasteiger partial charge on any atom is -0.550 e. The Hall–Kier alpha value is -0.320. The Morgan fingerprint density at radius 3 is 1.29 bits per heavy atom. The molecule has 0 aliphatic carbocycles. The first-order valence-corrected chi connectivity index (χ1v) is 4.52. The van der Waals surface area contributed by atoms with Gasteiger partial charge in [-0.25, -0.2) is 0 Å². The normalized spacial score (nSPS) is 9.14. The van der Waals surface area contributed by atoms with E-state index in [0.29, 0.717) is 12.8 Å². The summed E-state index contributed by atoms with van der Waals surface area (Å²) in [6.07, 6.45) is 3.95. The van der Waals surface area contributed by atoms with E-state index in [0.717, 1.165) is 19.3 Å². The molecule has 0 saturated carbocycles. The Kier molecular flexibility index (Phi) is 12.4. The van der Waals surface area contributed by atoms with Crippen molar-refractivity contribution in [3.8, 4) is 0 Å². The van der Waals surface area contributed by atoms with Gasteiger partial charge in [0.15, 0.2) is 0 Å². The predicted molar refractivity (Wildman–Crippen MR) is 42.3 cm³/mol. The van der Waals surface area contributed by atoms with Crippen LogP contribution in [0.5, 0.6) is 0 Å². The number of unbranched alkanes of at least 4 members (excludes halogenated alkanes) is 4. The average molecular weight is 294 g/mol. The summed E-state index contributed by atoms with van der Waals surface area (Å²) < 4.78 is 0. The number of carboxylic acid groups (broad SMARTS) is 2. The van der Waals surface area contributed by atoms with E-state index in [2.05, 4.69) is 0 Å². The van der Waals surface area contributed by atoms with Crippen LogP contribution in [0.4, 0.5) is 0 Å². The van der Waals surface area contributed by atoms with Crippen molar-refractivity contribution in [2.45, 2.75) is 44.9 Å². The molecule has 0 N–H and O–H groups in total. The van der Waals surface area contributed by atoms with Crippen molar-refractivity contribution in [1.29, 1.82) is 0 Å². The molecule has 5 heteroatoms. The molecule has 0 aromatic rings. The van der Waals surface area contributed by atoms with Crippen LogP contribution in [0, 0.1) is 0 Å². The molecular weight excluding hydrogens is 280 g/mol. The van der Waals surface area contributed by atoms with Gasteiger partial charge in [0.2, 0.25) is 0 Å². The number of rotatable bonds is 8. The SMILES string of the molecule is O=C([O-])CCCCCCCC(=O)[O-].[Ag]. The van der Waals surface area contributed by atoms with Gasteiger partial charge in [-0.15, -0.1) is 0 Å². The van der Waals surface area contributed by atoms with Gasteiger partial charge >= 0.3 is 0 Å². The largest absolute Gasteiger partial charge is 0.550 e. The molecule has 4 nitrogen and oxygen atoms in total. The quantitative estimate of drug-likeness (QED) is 0.434. The molecule has 0 amide bonds. The van der Waals surface area contributed by atoms with Crippen molar-refractivity contribution in [2.24, 2.45) is 0 Å². The van der Waals surface area contributed by atoms with Crippen LogP contribution < -0.4 is 10.2 Å². The topological polar surface area (TPSA) is 80.3 Å². The fourth-order valence-corrected chi connectivity index (χ4v) is 1.07. The standard InChI is InChI=1S/C9H16O4.Ag/c10-8(11)6-4-2-1-3-5-7-9(12)13;/h1-7H2,(H,10,11)(H,12,13);/p-2. The molecule has 14 heavy (non-hydrogen) atoms. The van der Waals surface area contributed by atoms with E-state index in [9.17, 15) is 19.8 Å². The summed E-state index contributed by atoms with van der Waals surface area (Å²) in [6, 6.07) is 0. The average Bonchev–Trinajstić information content (AvgIpc) is 2.01. The maximum atomic E-state index is 9.98. The number of carboxylic acids is 2. The van der Waals surface area contributed by atoms with Crippen LogP contribution in [-0.2, 0) is 32.0 Å². The smallest absolute Gasteiger partial charge is 0.0414 e. The van der Waals surface area contributed by atoms with E-state index < -0.39 is 11.9 Å². The third-order valence-electron chi connectivity index (χ3n) is 1.76. The van der Waals surface area contributed by atoms with E-state index in [1.807, 2.05) is 0 Å². The van der Waals surface area contributed by atoms with E-state index >= 15 is 0 Å².